The average Bonchev–Trinajstić information content (AvgIpc) is 2.34. The zero-order valence-corrected chi connectivity index (χ0v) is 7.81. The minimum Gasteiger partial charge on any atom is -0.461 e. The molecule has 1 aliphatic heterocycles. The van der Waals surface area contributed by atoms with Crippen LogP contribution in [0, 0.1) is 0 Å². The Labute approximate surface area is 75.0 Å². The molecular weight excluding hydrogens is 178 g/mol. The highest BCUT2D eigenvalue weighted by Crippen LogP contribution is 2.14. The molecular formula is C7H11NO3S. The van der Waals surface area contributed by atoms with Gasteiger partial charge in [0.15, 0.2) is 0 Å². The molecule has 1 amide bonds. The molecule has 1 rings (SSSR count). The summed E-state index contributed by atoms with van der Waals surface area (Å²) in [5.74, 6) is 0.132. The Morgan fingerprint density at radius 2 is 2.42 bits per heavy atom. The zero-order chi connectivity index (χ0) is 9.14. The summed E-state index contributed by atoms with van der Waals surface area (Å²) in [5.41, 5.74) is 0. The molecule has 0 aromatic heterocycles. The van der Waals surface area contributed by atoms with Gasteiger partial charge in [0.2, 0.25) is 0 Å². The van der Waals surface area contributed by atoms with Crippen LogP contribution in [0.2, 0.25) is 0 Å². The van der Waals surface area contributed by atoms with Crippen LogP contribution in [0.5, 0.6) is 0 Å². The number of hydrogen-bond acceptors (Lipinski definition) is 4. The van der Waals surface area contributed by atoms with Crippen molar-refractivity contribution in [3.8, 4) is 0 Å². The van der Waals surface area contributed by atoms with E-state index in [1.54, 1.807) is 13.8 Å². The van der Waals surface area contributed by atoms with Gasteiger partial charge in [-0.25, -0.2) is 4.79 Å². The third-order valence-corrected chi connectivity index (χ3v) is 2.19. The molecule has 1 heterocycles. The van der Waals surface area contributed by atoms with Crippen molar-refractivity contribution in [1.29, 1.82) is 0 Å². The quantitative estimate of drug-likeness (QED) is 0.652. The monoisotopic (exact) mass is 189 g/mol. The molecule has 0 aromatic rings. The van der Waals surface area contributed by atoms with Crippen molar-refractivity contribution >= 4 is 23.0 Å². The van der Waals surface area contributed by atoms with E-state index in [-0.39, 0.29) is 17.3 Å². The van der Waals surface area contributed by atoms with Crippen molar-refractivity contribution in [1.82, 2.24) is 5.32 Å². The number of carbonyl (C=O) groups is 2. The van der Waals surface area contributed by atoms with Gasteiger partial charge in [0.1, 0.15) is 6.04 Å². The third-order valence-electron chi connectivity index (χ3n) is 1.31. The SMILES string of the molecule is CC(C)OC(=O)[C@@H]1CSC(=O)N1. The van der Waals surface area contributed by atoms with Gasteiger partial charge in [-0.3, -0.25) is 4.79 Å². The van der Waals surface area contributed by atoms with Gasteiger partial charge >= 0.3 is 5.97 Å². The van der Waals surface area contributed by atoms with Crippen LogP contribution in [0.25, 0.3) is 0 Å². The Kier molecular flexibility index (Phi) is 2.97. The van der Waals surface area contributed by atoms with Gasteiger partial charge < -0.3 is 10.1 Å². The largest absolute Gasteiger partial charge is 0.461 e. The van der Waals surface area contributed by atoms with Gasteiger partial charge in [-0.15, -0.1) is 0 Å². The molecule has 4 nitrogen and oxygen atoms in total. The maximum atomic E-state index is 11.2. The van der Waals surface area contributed by atoms with Crippen molar-refractivity contribution in [2.24, 2.45) is 0 Å². The number of esters is 1. The molecule has 1 aliphatic rings. The zero-order valence-electron chi connectivity index (χ0n) is 6.99. The molecule has 0 radical (unpaired) electrons. The molecule has 5 heteroatoms. The average molecular weight is 189 g/mol. The lowest BCUT2D eigenvalue weighted by Gasteiger charge is -2.11. The van der Waals surface area contributed by atoms with Gasteiger partial charge in [0.05, 0.1) is 6.10 Å². The van der Waals surface area contributed by atoms with Crippen LogP contribution < -0.4 is 5.32 Å². The van der Waals surface area contributed by atoms with E-state index in [2.05, 4.69) is 5.32 Å². The summed E-state index contributed by atoms with van der Waals surface area (Å²) >= 11 is 1.11. The fourth-order valence-corrected chi connectivity index (χ4v) is 1.59. The highest BCUT2D eigenvalue weighted by Gasteiger charge is 2.29. The number of thioether (sulfide) groups is 1. The first-order valence-corrected chi connectivity index (χ1v) is 4.72. The molecule has 1 saturated heterocycles. The lowest BCUT2D eigenvalue weighted by molar-refractivity contribution is -0.148. The molecule has 0 spiro atoms. The standard InChI is InChI=1S/C7H11NO3S/c1-4(2)11-6(9)5-3-12-7(10)8-5/h4-5H,3H2,1-2H3,(H,8,10)/t5-/m0/s1. The molecule has 1 atom stereocenters. The first-order valence-electron chi connectivity index (χ1n) is 3.73. The number of nitrogens with one attached hydrogen (secondary N) is 1. The Bertz CT molecular complexity index is 205. The predicted octanol–water partition coefficient (Wildman–Crippen LogP) is 0.763. The molecule has 0 aromatic carbocycles. The summed E-state index contributed by atoms with van der Waals surface area (Å²) in [5, 5.41) is 2.36. The van der Waals surface area contributed by atoms with Crippen molar-refractivity contribution < 1.29 is 14.3 Å². The predicted molar refractivity (Wildman–Crippen MR) is 46.0 cm³/mol. The summed E-state index contributed by atoms with van der Waals surface area (Å²) in [7, 11) is 0. The van der Waals surface area contributed by atoms with Gasteiger partial charge in [-0.1, -0.05) is 11.8 Å². The van der Waals surface area contributed by atoms with E-state index in [0.29, 0.717) is 5.75 Å². The smallest absolute Gasteiger partial charge is 0.329 e. The van der Waals surface area contributed by atoms with E-state index in [9.17, 15) is 9.59 Å². The number of ether oxygens (including phenoxy) is 1. The van der Waals surface area contributed by atoms with Gasteiger partial charge in [0.25, 0.3) is 5.24 Å². The van der Waals surface area contributed by atoms with Gasteiger partial charge in [-0.05, 0) is 13.8 Å². The van der Waals surface area contributed by atoms with E-state index in [4.69, 9.17) is 4.74 Å². The molecule has 1 N–H and O–H groups in total. The van der Waals surface area contributed by atoms with Gasteiger partial charge in [-0.2, -0.15) is 0 Å². The fourth-order valence-electron chi connectivity index (χ4n) is 0.826. The molecule has 0 unspecified atom stereocenters. The summed E-state index contributed by atoms with van der Waals surface area (Å²) in [6.07, 6.45) is -0.125. The minimum absolute atomic E-state index is 0.125. The second-order valence-corrected chi connectivity index (χ2v) is 3.77. The summed E-state index contributed by atoms with van der Waals surface area (Å²) < 4.78 is 4.92. The number of hydrogen-bond donors (Lipinski definition) is 1. The molecule has 0 bridgehead atoms. The highest BCUT2D eigenvalue weighted by atomic mass is 32.2. The maximum Gasteiger partial charge on any atom is 0.329 e. The second-order valence-electron chi connectivity index (χ2n) is 2.78. The van der Waals surface area contributed by atoms with Crippen LogP contribution in [-0.4, -0.2) is 29.1 Å². The summed E-state index contributed by atoms with van der Waals surface area (Å²) in [6.45, 7) is 3.56. The Hall–Kier alpha value is -0.710. The van der Waals surface area contributed by atoms with Crippen molar-refractivity contribution in [3.63, 3.8) is 0 Å². The molecule has 12 heavy (non-hydrogen) atoms. The van der Waals surface area contributed by atoms with Crippen LogP contribution in [0.1, 0.15) is 13.8 Å². The molecule has 68 valence electrons. The number of amides is 1. The van der Waals surface area contributed by atoms with E-state index in [1.807, 2.05) is 0 Å². The van der Waals surface area contributed by atoms with E-state index >= 15 is 0 Å². The summed E-state index contributed by atoms with van der Waals surface area (Å²) in [6, 6.07) is -0.454. The number of carbonyl (C=O) groups excluding carboxylic acids is 2. The first kappa shape index (κ1) is 9.38. The normalized spacial score (nSPS) is 22.6. The van der Waals surface area contributed by atoms with Crippen LogP contribution in [0.3, 0.4) is 0 Å². The highest BCUT2D eigenvalue weighted by molar-refractivity contribution is 8.14. The van der Waals surface area contributed by atoms with Crippen LogP contribution in [0.15, 0.2) is 0 Å². The fraction of sp³-hybridized carbons (Fsp3) is 0.714. The van der Waals surface area contributed by atoms with Crippen molar-refractivity contribution in [2.45, 2.75) is 26.0 Å². The van der Waals surface area contributed by atoms with Crippen molar-refractivity contribution in [2.75, 3.05) is 5.75 Å². The van der Waals surface area contributed by atoms with Crippen LogP contribution in [0.4, 0.5) is 4.79 Å². The van der Waals surface area contributed by atoms with E-state index in [1.165, 1.54) is 0 Å². The topological polar surface area (TPSA) is 55.4 Å². The summed E-state index contributed by atoms with van der Waals surface area (Å²) in [4.78, 5) is 21.8. The molecule has 1 fully saturated rings. The van der Waals surface area contributed by atoms with Crippen LogP contribution >= 0.6 is 11.8 Å². The first-order chi connectivity index (χ1) is 5.59. The minimum atomic E-state index is -0.454. The molecule has 0 aliphatic carbocycles. The Morgan fingerprint density at radius 1 is 1.75 bits per heavy atom. The van der Waals surface area contributed by atoms with E-state index in [0.717, 1.165) is 11.8 Å². The third kappa shape index (κ3) is 2.41. The Balaban J connectivity index is 2.38. The van der Waals surface area contributed by atoms with Gasteiger partial charge in [0, 0.05) is 5.75 Å². The van der Waals surface area contributed by atoms with Crippen LogP contribution in [-0.2, 0) is 9.53 Å². The lowest BCUT2D eigenvalue weighted by atomic mass is 10.3. The van der Waals surface area contributed by atoms with E-state index < -0.39 is 6.04 Å². The Morgan fingerprint density at radius 3 is 2.83 bits per heavy atom. The number of rotatable bonds is 2. The van der Waals surface area contributed by atoms with Crippen molar-refractivity contribution in [3.05, 3.63) is 0 Å². The second kappa shape index (κ2) is 3.80. The molecule has 0 saturated carbocycles. The lowest BCUT2D eigenvalue weighted by Crippen LogP contribution is -2.37. The maximum absolute atomic E-state index is 11.2.